The van der Waals surface area contributed by atoms with Crippen molar-refractivity contribution < 1.29 is 34.2 Å². The summed E-state index contributed by atoms with van der Waals surface area (Å²) in [6, 6.07) is 9.37. The van der Waals surface area contributed by atoms with Crippen molar-refractivity contribution in [3.63, 3.8) is 0 Å². The second-order valence-corrected chi connectivity index (χ2v) is 13.2. The summed E-state index contributed by atoms with van der Waals surface area (Å²) in [4.78, 5) is 75.8. The van der Waals surface area contributed by atoms with E-state index in [1.54, 1.807) is 26.0 Å². The molecule has 3 aromatic rings. The lowest BCUT2D eigenvalue weighted by atomic mass is 9.95. The summed E-state index contributed by atoms with van der Waals surface area (Å²) < 4.78 is 0. The van der Waals surface area contributed by atoms with Crippen molar-refractivity contribution in [3.8, 4) is 5.75 Å². The van der Waals surface area contributed by atoms with Crippen molar-refractivity contribution in [1.82, 2.24) is 30.8 Å². The van der Waals surface area contributed by atoms with Gasteiger partial charge in [-0.1, -0.05) is 50.2 Å². The van der Waals surface area contributed by atoms with E-state index >= 15 is 0 Å². The van der Waals surface area contributed by atoms with Gasteiger partial charge in [-0.05, 0) is 47.6 Å². The Morgan fingerprint density at radius 1 is 0.980 bits per heavy atom. The highest BCUT2D eigenvalue weighted by molar-refractivity contribution is 5.97. The predicted octanol–water partition coefficient (Wildman–Crippen LogP) is 0.583. The maximum atomic E-state index is 14.2. The number of aromatic amines is 1. The van der Waals surface area contributed by atoms with Crippen LogP contribution in [-0.2, 0) is 49.7 Å². The van der Waals surface area contributed by atoms with Gasteiger partial charge >= 0.3 is 5.97 Å². The summed E-state index contributed by atoms with van der Waals surface area (Å²) in [5.41, 5.74) is 7.41. The third-order valence-electron chi connectivity index (χ3n) is 9.34. The second-order valence-electron chi connectivity index (χ2n) is 13.2. The van der Waals surface area contributed by atoms with Gasteiger partial charge in [0.25, 0.3) is 0 Å². The van der Waals surface area contributed by atoms with Crippen molar-refractivity contribution in [2.75, 3.05) is 6.54 Å². The fourth-order valence-corrected chi connectivity index (χ4v) is 6.47. The first kappa shape index (κ1) is 35.1. The average molecular weight is 674 g/mol. The number of nitrogens with two attached hydrogens (primary N) is 1. The Morgan fingerprint density at radius 3 is 2.22 bits per heavy atom. The van der Waals surface area contributed by atoms with Gasteiger partial charge in [0.15, 0.2) is 0 Å². The first-order valence-electron chi connectivity index (χ1n) is 16.4. The lowest BCUT2D eigenvalue weighted by molar-refractivity contribution is -0.149. The van der Waals surface area contributed by atoms with E-state index in [1.807, 2.05) is 24.3 Å². The van der Waals surface area contributed by atoms with Crippen LogP contribution in [0.5, 0.6) is 5.75 Å². The molecule has 1 aliphatic carbocycles. The van der Waals surface area contributed by atoms with Gasteiger partial charge in [0.05, 0.1) is 12.4 Å². The maximum absolute atomic E-state index is 14.2. The van der Waals surface area contributed by atoms with Gasteiger partial charge in [-0.25, -0.2) is 9.78 Å². The molecule has 0 saturated carbocycles. The molecule has 49 heavy (non-hydrogen) atoms. The summed E-state index contributed by atoms with van der Waals surface area (Å²) in [6.07, 6.45) is 4.08. The first-order chi connectivity index (χ1) is 23.4. The number of phenols is 1. The number of carboxylic acids is 1. The van der Waals surface area contributed by atoms with Crippen LogP contribution in [0.1, 0.15) is 49.1 Å². The van der Waals surface area contributed by atoms with E-state index in [4.69, 9.17) is 5.73 Å². The lowest BCUT2D eigenvalue weighted by Gasteiger charge is -2.32. The van der Waals surface area contributed by atoms with Crippen LogP contribution in [0.3, 0.4) is 0 Å². The number of benzene rings is 2. The van der Waals surface area contributed by atoms with Gasteiger partial charge in [-0.3, -0.25) is 19.2 Å². The van der Waals surface area contributed by atoms with E-state index in [0.29, 0.717) is 24.1 Å². The number of likely N-dealkylation sites (tertiary alicyclic amines) is 1. The molecular formula is C35H43N7O7. The van der Waals surface area contributed by atoms with Crippen LogP contribution in [0.4, 0.5) is 0 Å². The Morgan fingerprint density at radius 2 is 1.63 bits per heavy atom. The highest BCUT2D eigenvalue weighted by atomic mass is 16.4. The molecule has 5 rings (SSSR count). The number of hydrogen-bond acceptors (Lipinski definition) is 8. The van der Waals surface area contributed by atoms with E-state index in [2.05, 4.69) is 25.9 Å². The zero-order chi connectivity index (χ0) is 35.3. The molecule has 14 nitrogen and oxygen atoms in total. The third-order valence-corrected chi connectivity index (χ3v) is 9.34. The molecule has 1 aromatic heterocycles. The number of amides is 4. The van der Waals surface area contributed by atoms with Gasteiger partial charge < -0.3 is 41.8 Å². The minimum atomic E-state index is -1.54. The quantitative estimate of drug-likeness (QED) is 0.135. The number of carbonyl (C=O) groups excluding carboxylic acids is 4. The number of aromatic nitrogens is 2. The van der Waals surface area contributed by atoms with E-state index in [-0.39, 0.29) is 43.9 Å². The summed E-state index contributed by atoms with van der Waals surface area (Å²) in [5, 5.41) is 28.3. The Labute approximate surface area is 283 Å². The fraction of sp³-hybridized carbons (Fsp3) is 0.429. The van der Waals surface area contributed by atoms with Crippen LogP contribution in [0.25, 0.3) is 0 Å². The van der Waals surface area contributed by atoms with Crippen molar-refractivity contribution in [1.29, 1.82) is 0 Å². The highest BCUT2D eigenvalue weighted by Gasteiger charge is 2.48. The lowest BCUT2D eigenvalue weighted by Crippen LogP contribution is -2.61. The Balaban J connectivity index is 1.36. The number of hydrogen-bond donors (Lipinski definition) is 7. The number of H-pyrrole nitrogens is 1. The maximum Gasteiger partial charge on any atom is 0.330 e. The highest BCUT2D eigenvalue weighted by Crippen LogP contribution is 2.31. The molecule has 1 saturated heterocycles. The summed E-state index contributed by atoms with van der Waals surface area (Å²) in [5.74, 6) is -3.62. The number of rotatable bonds is 13. The third kappa shape index (κ3) is 8.08. The molecule has 2 heterocycles. The molecule has 260 valence electrons. The Bertz CT molecular complexity index is 1650. The summed E-state index contributed by atoms with van der Waals surface area (Å²) in [6.45, 7) is 3.79. The van der Waals surface area contributed by atoms with Crippen LogP contribution in [0, 0.1) is 5.92 Å². The minimum Gasteiger partial charge on any atom is -0.508 e. The number of nitrogens with zero attached hydrogens (tertiary/aromatic N) is 2. The van der Waals surface area contributed by atoms with E-state index in [1.165, 1.54) is 29.6 Å². The number of fused-ring (bicyclic) bond motifs is 1. The first-order valence-corrected chi connectivity index (χ1v) is 16.4. The molecule has 1 aliphatic heterocycles. The molecule has 1 fully saturated rings. The fourth-order valence-electron chi connectivity index (χ4n) is 6.47. The zero-order valence-corrected chi connectivity index (χ0v) is 27.5. The number of carbonyl (C=O) groups is 5. The minimum absolute atomic E-state index is 0.00910. The van der Waals surface area contributed by atoms with Crippen LogP contribution < -0.4 is 21.7 Å². The molecule has 14 heteroatoms. The molecule has 4 atom stereocenters. The summed E-state index contributed by atoms with van der Waals surface area (Å²) >= 11 is 0. The molecule has 8 N–H and O–H groups in total. The Kier molecular flexibility index (Phi) is 10.7. The number of imidazole rings is 1. The molecule has 0 unspecified atom stereocenters. The molecule has 2 aromatic carbocycles. The van der Waals surface area contributed by atoms with Crippen molar-refractivity contribution in [2.24, 2.45) is 11.7 Å². The molecule has 4 amide bonds. The molecule has 2 aliphatic rings. The van der Waals surface area contributed by atoms with Crippen LogP contribution in [-0.4, -0.2) is 90.9 Å². The average Bonchev–Trinajstić information content (AvgIpc) is 3.85. The van der Waals surface area contributed by atoms with E-state index in [9.17, 15) is 34.2 Å². The monoisotopic (exact) mass is 673 g/mol. The van der Waals surface area contributed by atoms with Crippen LogP contribution in [0.2, 0.25) is 0 Å². The summed E-state index contributed by atoms with van der Waals surface area (Å²) in [7, 11) is 0. The second kappa shape index (κ2) is 14.9. The van der Waals surface area contributed by atoms with E-state index in [0.717, 1.165) is 11.1 Å². The van der Waals surface area contributed by atoms with Gasteiger partial charge in [0.1, 0.15) is 29.4 Å². The zero-order valence-electron chi connectivity index (χ0n) is 27.5. The van der Waals surface area contributed by atoms with Crippen molar-refractivity contribution in [3.05, 3.63) is 83.4 Å². The van der Waals surface area contributed by atoms with Crippen LogP contribution >= 0.6 is 0 Å². The number of carboxylic acid groups (broad SMARTS) is 1. The normalized spacial score (nSPS) is 18.3. The standard InChI is InChI=1S/C35H43N7O7/c1-20(2)29(36)32(46)39-26(14-21-9-11-25(43)12-10-21)30(44)40-27(15-24-18-37-19-38-24)33(47)42-13-5-8-28(42)31(45)41-35(34(48)49)16-22-6-3-4-7-23(22)17-35/h3-4,6-7,9-12,18-20,26-29,43H,5,8,13-17,36H2,1-2H3,(H,37,38)(H,39,46)(H,40,44)(H,41,45)(H,48,49)/t26-,27-,28-,29-/m0/s1. The number of phenolic OH excluding ortho intramolecular Hbond substituents is 1. The molecule has 0 radical (unpaired) electrons. The largest absolute Gasteiger partial charge is 0.508 e. The molecular weight excluding hydrogens is 630 g/mol. The van der Waals surface area contributed by atoms with Gasteiger partial charge in [0.2, 0.25) is 23.6 Å². The van der Waals surface area contributed by atoms with Gasteiger partial charge in [-0.15, -0.1) is 0 Å². The SMILES string of the molecule is CC(C)[C@H](N)C(=O)N[C@@H](Cc1ccc(O)cc1)C(=O)N[C@@H](Cc1cnc[nH]1)C(=O)N1CCC[C@H]1C(=O)NC1(C(=O)O)Cc2ccccc2C1. The predicted molar refractivity (Wildman–Crippen MR) is 178 cm³/mol. The van der Waals surface area contributed by atoms with Gasteiger partial charge in [0, 0.05) is 44.1 Å². The topological polar surface area (TPSA) is 220 Å². The number of aliphatic carboxylic acids is 1. The Hall–Kier alpha value is -5.24. The smallest absolute Gasteiger partial charge is 0.330 e. The molecule has 0 bridgehead atoms. The number of nitrogens with one attached hydrogen (secondary N) is 4. The number of aromatic hydroxyl groups is 1. The van der Waals surface area contributed by atoms with E-state index < -0.39 is 59.3 Å². The van der Waals surface area contributed by atoms with Crippen molar-refractivity contribution in [2.45, 2.75) is 82.1 Å². The van der Waals surface area contributed by atoms with Crippen molar-refractivity contribution >= 4 is 29.6 Å². The molecule has 0 spiro atoms. The van der Waals surface area contributed by atoms with Gasteiger partial charge in [-0.2, -0.15) is 0 Å². The van der Waals surface area contributed by atoms with Crippen LogP contribution in [0.15, 0.2) is 61.1 Å².